The van der Waals surface area contributed by atoms with Crippen molar-refractivity contribution in [3.8, 4) is 11.5 Å². The first kappa shape index (κ1) is 52.9. The van der Waals surface area contributed by atoms with Crippen LogP contribution in [0, 0.1) is 0 Å². The molecule has 20 heteroatoms. The van der Waals surface area contributed by atoms with Crippen LogP contribution >= 0.6 is 0 Å². The standard InChI is InChI=1S/C49H67N5O12Si3/c1-61-36-21-17-34(18-22-36)47(33-15-13-12-14-16-33,35-19-23-37(62-2)24-20-35)39(55)40-48(59,44(56)63-25-28-67(3,4)5)49(60,45(57)64-26-29-68(6,7)8)43(66-40)54-32-52-38-41(50-31-51-42(38)54)53-46(58)65-27-30-69(9,10)11/h12-24,31-32,39-40,43,55,59-60H,25-30H2,1-11H3,(H,50,51,53,58)/t39?,40-,43-,48+,49-/m1/s1. The van der Waals surface area contributed by atoms with Crippen LogP contribution in [0.5, 0.6) is 11.5 Å². The van der Waals surface area contributed by atoms with E-state index in [0.29, 0.717) is 40.3 Å². The molecule has 372 valence electrons. The monoisotopic (exact) mass is 1000 g/mol. The van der Waals surface area contributed by atoms with Crippen molar-refractivity contribution in [2.45, 2.75) is 112 Å². The number of benzene rings is 3. The van der Waals surface area contributed by atoms with Crippen molar-refractivity contribution in [1.82, 2.24) is 19.5 Å². The lowest BCUT2D eigenvalue weighted by Gasteiger charge is -2.45. The minimum atomic E-state index is -3.42. The maximum absolute atomic E-state index is 15.2. The molecule has 4 N–H and O–H groups in total. The maximum atomic E-state index is 15.2. The number of imidazole rings is 1. The van der Waals surface area contributed by atoms with Crippen LogP contribution in [-0.2, 0) is 34.0 Å². The number of methoxy groups -OCH3 is 2. The second-order valence-corrected chi connectivity index (χ2v) is 37.9. The lowest BCUT2D eigenvalue weighted by molar-refractivity contribution is -0.216. The lowest BCUT2D eigenvalue weighted by Crippen LogP contribution is -2.70. The number of carbonyl (C=O) groups is 3. The van der Waals surface area contributed by atoms with Crippen LogP contribution in [0.4, 0.5) is 10.6 Å². The maximum Gasteiger partial charge on any atom is 0.412 e. The van der Waals surface area contributed by atoms with Crippen LogP contribution < -0.4 is 14.8 Å². The molecule has 1 fully saturated rings. The fraction of sp³-hybridized carbons (Fsp3) is 0.469. The van der Waals surface area contributed by atoms with Crippen molar-refractivity contribution in [2.75, 3.05) is 39.4 Å². The Bertz CT molecular complexity index is 2520. The summed E-state index contributed by atoms with van der Waals surface area (Å²) in [5.41, 5.74) is -7.30. The number of rotatable bonds is 20. The SMILES string of the molecule is COc1ccc(C(c2ccccc2)(c2ccc(OC)cc2)C(O)[C@H]2O[C@@H](n3cnc4c(NC(=O)OCC[Si](C)(C)C)ncnc43)[C@@](O)(C(=O)OCC[Si](C)(C)C)[C@@]2(O)C(=O)OCC[Si](C)(C)C)cc1. The summed E-state index contributed by atoms with van der Waals surface area (Å²) in [6.45, 7) is 18.7. The predicted molar refractivity (Wildman–Crippen MR) is 269 cm³/mol. The average Bonchev–Trinajstić information content (AvgIpc) is 3.83. The molecule has 1 aliphatic heterocycles. The molecule has 1 amide bonds. The summed E-state index contributed by atoms with van der Waals surface area (Å²) in [5.74, 6) is -1.93. The van der Waals surface area contributed by atoms with Crippen molar-refractivity contribution in [3.63, 3.8) is 0 Å². The highest BCUT2D eigenvalue weighted by Gasteiger charge is 2.79. The molecule has 5 atom stereocenters. The zero-order valence-corrected chi connectivity index (χ0v) is 44.4. The first-order valence-electron chi connectivity index (χ1n) is 23.0. The highest BCUT2D eigenvalue weighted by atomic mass is 28.3. The number of amides is 1. The van der Waals surface area contributed by atoms with Crippen LogP contribution in [0.1, 0.15) is 22.9 Å². The number of nitrogens with one attached hydrogen (secondary N) is 1. The number of fused-ring (bicyclic) bond motifs is 1. The van der Waals surface area contributed by atoms with E-state index in [-0.39, 0.29) is 36.8 Å². The van der Waals surface area contributed by atoms with Gasteiger partial charge in [-0.15, -0.1) is 0 Å². The second kappa shape index (κ2) is 20.8. The predicted octanol–water partition coefficient (Wildman–Crippen LogP) is 7.25. The number of ether oxygens (including phenoxy) is 6. The van der Waals surface area contributed by atoms with Gasteiger partial charge in [0.1, 0.15) is 30.0 Å². The number of esters is 2. The second-order valence-electron chi connectivity index (χ2n) is 21.0. The topological polar surface area (TPSA) is 223 Å². The first-order chi connectivity index (χ1) is 32.4. The Balaban J connectivity index is 1.62. The van der Waals surface area contributed by atoms with Crippen molar-refractivity contribution in [2.24, 2.45) is 0 Å². The molecule has 5 aromatic rings. The number of aromatic nitrogens is 4. The van der Waals surface area contributed by atoms with E-state index in [1.807, 2.05) is 0 Å². The zero-order chi connectivity index (χ0) is 50.6. The summed E-state index contributed by atoms with van der Waals surface area (Å²) in [6.07, 6.45) is -4.85. The quantitative estimate of drug-likeness (QED) is 0.0261. The molecule has 2 aromatic heterocycles. The van der Waals surface area contributed by atoms with E-state index in [1.54, 1.807) is 78.9 Å². The van der Waals surface area contributed by atoms with Gasteiger partial charge in [0, 0.05) is 24.2 Å². The Morgan fingerprint density at radius 1 is 0.681 bits per heavy atom. The molecule has 3 aromatic carbocycles. The fourth-order valence-electron chi connectivity index (χ4n) is 8.30. The third kappa shape index (κ3) is 11.1. The molecule has 0 bridgehead atoms. The third-order valence-electron chi connectivity index (χ3n) is 12.4. The molecular weight excluding hydrogens is 935 g/mol. The molecular formula is C49H67N5O12Si3. The summed E-state index contributed by atoms with van der Waals surface area (Å²) >= 11 is 0. The van der Waals surface area contributed by atoms with Crippen molar-refractivity contribution in [1.29, 1.82) is 0 Å². The van der Waals surface area contributed by atoms with Gasteiger partial charge in [0.05, 0.1) is 45.8 Å². The Hall–Kier alpha value is -5.49. The van der Waals surface area contributed by atoms with Gasteiger partial charge in [0.2, 0.25) is 5.60 Å². The molecule has 69 heavy (non-hydrogen) atoms. The number of carbonyl (C=O) groups excluding carboxylic acids is 3. The Morgan fingerprint density at radius 3 is 1.62 bits per heavy atom. The van der Waals surface area contributed by atoms with Gasteiger partial charge in [0.15, 0.2) is 23.2 Å². The van der Waals surface area contributed by atoms with E-state index in [4.69, 9.17) is 28.4 Å². The van der Waals surface area contributed by atoms with Crippen LogP contribution in [0.25, 0.3) is 11.2 Å². The fourth-order valence-corrected chi connectivity index (χ4v) is 10.4. The Kier molecular flexibility index (Phi) is 16.0. The van der Waals surface area contributed by atoms with Crippen molar-refractivity contribution in [3.05, 3.63) is 108 Å². The highest BCUT2D eigenvalue weighted by molar-refractivity contribution is 6.76. The molecule has 3 heterocycles. The number of hydrogen-bond donors (Lipinski definition) is 4. The number of anilines is 1. The van der Waals surface area contributed by atoms with Crippen LogP contribution in [0.15, 0.2) is 91.5 Å². The van der Waals surface area contributed by atoms with Gasteiger partial charge in [-0.1, -0.05) is 114 Å². The summed E-state index contributed by atoms with van der Waals surface area (Å²) < 4.78 is 36.2. The summed E-state index contributed by atoms with van der Waals surface area (Å²) in [7, 11) is -2.27. The zero-order valence-electron chi connectivity index (χ0n) is 41.4. The van der Waals surface area contributed by atoms with Gasteiger partial charge in [-0.3, -0.25) is 9.88 Å². The third-order valence-corrected chi connectivity index (χ3v) is 17.5. The molecule has 0 aliphatic carbocycles. The Labute approximate surface area is 406 Å². The largest absolute Gasteiger partial charge is 0.497 e. The van der Waals surface area contributed by atoms with Gasteiger partial charge < -0.3 is 43.7 Å². The minimum Gasteiger partial charge on any atom is -0.497 e. The van der Waals surface area contributed by atoms with E-state index in [9.17, 15) is 20.1 Å². The van der Waals surface area contributed by atoms with Gasteiger partial charge in [-0.2, -0.15) is 0 Å². The number of aliphatic hydroxyl groups excluding tert-OH is 1. The van der Waals surface area contributed by atoms with E-state index < -0.39 is 77.3 Å². The van der Waals surface area contributed by atoms with Gasteiger partial charge in [-0.05, 0) is 59.1 Å². The van der Waals surface area contributed by atoms with Crippen LogP contribution in [-0.4, -0.2) is 135 Å². The van der Waals surface area contributed by atoms with E-state index >= 15 is 9.59 Å². The van der Waals surface area contributed by atoms with E-state index in [1.165, 1.54) is 14.2 Å². The molecule has 0 radical (unpaired) electrons. The van der Waals surface area contributed by atoms with Crippen LogP contribution in [0.3, 0.4) is 0 Å². The normalized spacial score (nSPS) is 20.3. The summed E-state index contributed by atoms with van der Waals surface area (Å²) in [4.78, 5) is 56.4. The summed E-state index contributed by atoms with van der Waals surface area (Å²) in [6, 6.07) is 24.3. The first-order valence-corrected chi connectivity index (χ1v) is 34.1. The highest BCUT2D eigenvalue weighted by Crippen LogP contribution is 2.54. The number of aliphatic hydroxyl groups is 3. The van der Waals surface area contributed by atoms with Gasteiger partial charge >= 0.3 is 18.0 Å². The molecule has 6 rings (SSSR count). The smallest absolute Gasteiger partial charge is 0.412 e. The molecule has 0 spiro atoms. The minimum absolute atomic E-state index is 0.0157. The molecule has 1 saturated heterocycles. The average molecular weight is 1000 g/mol. The molecule has 0 saturated carbocycles. The van der Waals surface area contributed by atoms with Crippen molar-refractivity contribution >= 4 is 59.2 Å². The molecule has 17 nitrogen and oxygen atoms in total. The van der Waals surface area contributed by atoms with E-state index in [2.05, 4.69) is 79.2 Å². The summed E-state index contributed by atoms with van der Waals surface area (Å²) in [5, 5.41) is 43.4. The van der Waals surface area contributed by atoms with E-state index in [0.717, 1.165) is 23.3 Å². The van der Waals surface area contributed by atoms with Crippen molar-refractivity contribution < 1.29 is 58.1 Å². The number of nitrogens with zero attached hydrogens (tertiary/aromatic N) is 4. The van der Waals surface area contributed by atoms with Gasteiger partial charge in [0.25, 0.3) is 5.60 Å². The van der Waals surface area contributed by atoms with Crippen LogP contribution in [0.2, 0.25) is 77.1 Å². The lowest BCUT2D eigenvalue weighted by atomic mass is 9.62. The Morgan fingerprint density at radius 2 is 1.14 bits per heavy atom. The molecule has 1 unspecified atom stereocenters. The molecule has 1 aliphatic rings. The number of hydrogen-bond acceptors (Lipinski definition) is 15. The van der Waals surface area contributed by atoms with Gasteiger partial charge in [-0.25, -0.2) is 29.3 Å².